The maximum Gasteiger partial charge on any atom is 0.419 e. The second-order valence-corrected chi connectivity index (χ2v) is 8.35. The minimum Gasteiger partial charge on any atom is -0.207 e. The number of nitrogens with one attached hydrogen (secondary N) is 1. The Morgan fingerprint density at radius 2 is 1.83 bits per heavy atom. The molecule has 0 aliphatic heterocycles. The molecule has 0 saturated heterocycles. The van der Waals surface area contributed by atoms with E-state index >= 15 is 0 Å². The number of thiophene rings is 1. The van der Waals surface area contributed by atoms with Crippen LogP contribution >= 0.6 is 34.5 Å². The molecule has 1 aromatic heterocycles. The van der Waals surface area contributed by atoms with Gasteiger partial charge in [-0.2, -0.15) is 13.2 Å². The molecule has 1 heterocycles. The summed E-state index contributed by atoms with van der Waals surface area (Å²) in [5.41, 5.74) is -1.40. The van der Waals surface area contributed by atoms with E-state index in [1.54, 1.807) is 0 Å². The van der Waals surface area contributed by atoms with Gasteiger partial charge in [0.05, 0.1) is 9.90 Å². The molecule has 0 amide bonds. The van der Waals surface area contributed by atoms with Crippen molar-refractivity contribution in [3.05, 3.63) is 49.9 Å². The summed E-state index contributed by atoms with van der Waals surface area (Å²) in [6.45, 7) is -0.402. The SMILES string of the molecule is O=S(=O)(NCc1ccc(C(F)(F)F)c(F)c1)c1cc(Cl)sc1Cl. The Morgan fingerprint density at radius 3 is 2.30 bits per heavy atom. The van der Waals surface area contributed by atoms with Gasteiger partial charge < -0.3 is 0 Å². The fourth-order valence-electron chi connectivity index (χ4n) is 1.66. The van der Waals surface area contributed by atoms with E-state index in [2.05, 4.69) is 4.72 Å². The molecule has 0 radical (unpaired) electrons. The van der Waals surface area contributed by atoms with Crippen molar-refractivity contribution in [2.75, 3.05) is 0 Å². The van der Waals surface area contributed by atoms with E-state index in [0.717, 1.165) is 23.5 Å². The van der Waals surface area contributed by atoms with Crippen molar-refractivity contribution in [1.82, 2.24) is 4.72 Å². The number of sulfonamides is 1. The molecular formula is C12H7Cl2F4NO2S2. The maximum atomic E-state index is 13.4. The molecule has 3 nitrogen and oxygen atoms in total. The summed E-state index contributed by atoms with van der Waals surface area (Å²) in [7, 11) is -4.02. The first-order valence-corrected chi connectivity index (χ1v) is 8.86. The minimum absolute atomic E-state index is 0.0246. The predicted octanol–water partition coefficient (Wildman–Crippen LogP) is 4.69. The highest BCUT2D eigenvalue weighted by Gasteiger charge is 2.34. The van der Waals surface area contributed by atoms with E-state index in [-0.39, 0.29) is 19.1 Å². The predicted molar refractivity (Wildman–Crippen MR) is 79.8 cm³/mol. The van der Waals surface area contributed by atoms with E-state index < -0.39 is 34.1 Å². The van der Waals surface area contributed by atoms with Gasteiger partial charge in [-0.1, -0.05) is 29.3 Å². The molecule has 2 aromatic rings. The lowest BCUT2D eigenvalue weighted by molar-refractivity contribution is -0.140. The molecule has 0 spiro atoms. The number of alkyl halides is 3. The highest BCUT2D eigenvalue weighted by molar-refractivity contribution is 7.89. The largest absolute Gasteiger partial charge is 0.419 e. The lowest BCUT2D eigenvalue weighted by Gasteiger charge is -2.10. The van der Waals surface area contributed by atoms with Gasteiger partial charge in [-0.05, 0) is 23.8 Å². The van der Waals surface area contributed by atoms with Crippen LogP contribution < -0.4 is 4.72 Å². The number of halogens is 6. The van der Waals surface area contributed by atoms with Crippen molar-refractivity contribution in [2.24, 2.45) is 0 Å². The first-order valence-electron chi connectivity index (χ1n) is 5.81. The summed E-state index contributed by atoms with van der Waals surface area (Å²) in [6.07, 6.45) is -4.82. The summed E-state index contributed by atoms with van der Waals surface area (Å²) < 4.78 is 77.0. The van der Waals surface area contributed by atoms with Crippen LogP contribution in [-0.2, 0) is 22.7 Å². The van der Waals surface area contributed by atoms with E-state index in [4.69, 9.17) is 23.2 Å². The standard InChI is InChI=1S/C12H7Cl2F4NO2S2/c13-10-4-9(11(14)22-10)23(20,21)19-5-6-1-2-7(8(15)3-6)12(16,17)18/h1-4,19H,5H2. The Bertz CT molecular complexity index is 834. The molecule has 0 saturated carbocycles. The summed E-state index contributed by atoms with van der Waals surface area (Å²) in [5, 5.41) is 0. The second kappa shape index (κ2) is 6.56. The van der Waals surface area contributed by atoms with Gasteiger partial charge in [0.2, 0.25) is 10.0 Å². The molecule has 0 bridgehead atoms. The fourth-order valence-corrected chi connectivity index (χ4v) is 4.83. The van der Waals surface area contributed by atoms with Crippen molar-refractivity contribution in [1.29, 1.82) is 0 Å². The van der Waals surface area contributed by atoms with Crippen LogP contribution in [0, 0.1) is 5.82 Å². The molecule has 0 aliphatic carbocycles. The lowest BCUT2D eigenvalue weighted by atomic mass is 10.1. The van der Waals surface area contributed by atoms with Crippen LogP contribution in [0.1, 0.15) is 11.1 Å². The average Bonchev–Trinajstić information content (AvgIpc) is 2.75. The van der Waals surface area contributed by atoms with Crippen LogP contribution in [-0.4, -0.2) is 8.42 Å². The van der Waals surface area contributed by atoms with Crippen LogP contribution in [0.25, 0.3) is 0 Å². The Kier molecular flexibility index (Phi) is 5.27. The van der Waals surface area contributed by atoms with Gasteiger partial charge in [-0.3, -0.25) is 0 Å². The first-order chi connectivity index (χ1) is 10.5. The Hall–Kier alpha value is -0.870. The average molecular weight is 408 g/mol. The Morgan fingerprint density at radius 1 is 1.17 bits per heavy atom. The normalized spacial score (nSPS) is 12.6. The Labute approximate surface area is 142 Å². The van der Waals surface area contributed by atoms with Gasteiger partial charge in [0, 0.05) is 6.54 Å². The topological polar surface area (TPSA) is 46.2 Å². The third-order valence-electron chi connectivity index (χ3n) is 2.72. The van der Waals surface area contributed by atoms with Gasteiger partial charge in [-0.15, -0.1) is 11.3 Å². The molecular weight excluding hydrogens is 401 g/mol. The molecule has 0 atom stereocenters. The maximum absolute atomic E-state index is 13.4. The molecule has 0 fully saturated rings. The molecule has 11 heteroatoms. The van der Waals surface area contributed by atoms with Gasteiger partial charge in [0.1, 0.15) is 15.0 Å². The van der Waals surface area contributed by atoms with Crippen molar-refractivity contribution >= 4 is 44.6 Å². The highest BCUT2D eigenvalue weighted by atomic mass is 35.5. The van der Waals surface area contributed by atoms with Gasteiger partial charge >= 0.3 is 6.18 Å². The third kappa shape index (κ3) is 4.36. The van der Waals surface area contributed by atoms with Crippen LogP contribution in [0.4, 0.5) is 17.6 Å². The zero-order chi connectivity index (χ0) is 17.4. The molecule has 23 heavy (non-hydrogen) atoms. The van der Waals surface area contributed by atoms with Gasteiger partial charge in [0.15, 0.2) is 0 Å². The first kappa shape index (κ1) is 18.5. The van der Waals surface area contributed by atoms with Crippen LogP contribution in [0.2, 0.25) is 8.67 Å². The van der Waals surface area contributed by atoms with Crippen LogP contribution in [0.3, 0.4) is 0 Å². The molecule has 2 rings (SSSR count). The summed E-state index contributed by atoms with van der Waals surface area (Å²) in [5.74, 6) is -1.48. The molecule has 1 N–H and O–H groups in total. The lowest BCUT2D eigenvalue weighted by Crippen LogP contribution is -2.23. The van der Waals surface area contributed by atoms with E-state index in [9.17, 15) is 26.0 Å². The summed E-state index contributed by atoms with van der Waals surface area (Å²) in [4.78, 5) is -0.249. The second-order valence-electron chi connectivity index (χ2n) is 4.32. The van der Waals surface area contributed by atoms with Crippen LogP contribution in [0.15, 0.2) is 29.2 Å². The molecule has 0 unspecified atom stereocenters. The minimum atomic E-state index is -4.82. The molecule has 0 aliphatic rings. The van der Waals surface area contributed by atoms with Crippen molar-refractivity contribution in [3.63, 3.8) is 0 Å². The summed E-state index contributed by atoms with van der Waals surface area (Å²) in [6, 6.07) is 3.29. The zero-order valence-electron chi connectivity index (χ0n) is 10.9. The Balaban J connectivity index is 2.18. The smallest absolute Gasteiger partial charge is 0.207 e. The number of rotatable bonds is 4. The number of hydrogen-bond donors (Lipinski definition) is 1. The van der Waals surface area contributed by atoms with E-state index in [0.29, 0.717) is 12.1 Å². The van der Waals surface area contributed by atoms with Gasteiger partial charge in [-0.25, -0.2) is 17.5 Å². The highest BCUT2D eigenvalue weighted by Crippen LogP contribution is 2.34. The number of hydrogen-bond acceptors (Lipinski definition) is 3. The van der Waals surface area contributed by atoms with E-state index in [1.165, 1.54) is 0 Å². The quantitative estimate of drug-likeness (QED) is 0.747. The van der Waals surface area contributed by atoms with Gasteiger partial charge in [0.25, 0.3) is 0 Å². The fraction of sp³-hybridized carbons (Fsp3) is 0.167. The summed E-state index contributed by atoms with van der Waals surface area (Å²) >= 11 is 12.2. The third-order valence-corrected chi connectivity index (χ3v) is 5.87. The molecule has 1 aromatic carbocycles. The molecule has 126 valence electrons. The van der Waals surface area contributed by atoms with Crippen molar-refractivity contribution < 1.29 is 26.0 Å². The van der Waals surface area contributed by atoms with Crippen molar-refractivity contribution in [3.8, 4) is 0 Å². The van der Waals surface area contributed by atoms with E-state index in [1.807, 2.05) is 0 Å². The van der Waals surface area contributed by atoms with Crippen LogP contribution in [0.5, 0.6) is 0 Å². The zero-order valence-corrected chi connectivity index (χ0v) is 14.1. The monoisotopic (exact) mass is 407 g/mol. The number of benzene rings is 1. The van der Waals surface area contributed by atoms with Crippen molar-refractivity contribution in [2.45, 2.75) is 17.6 Å².